The van der Waals surface area contributed by atoms with Gasteiger partial charge in [-0.1, -0.05) is 24.3 Å². The van der Waals surface area contributed by atoms with Crippen molar-refractivity contribution in [3.8, 4) is 22.8 Å². The molecule has 0 unspecified atom stereocenters. The first-order valence-electron chi connectivity index (χ1n) is 8.83. The zero-order valence-electron chi connectivity index (χ0n) is 15.7. The third-order valence-corrected chi connectivity index (χ3v) is 4.62. The Labute approximate surface area is 161 Å². The monoisotopic (exact) mass is 375 g/mol. The van der Waals surface area contributed by atoms with Gasteiger partial charge in [-0.25, -0.2) is 8.91 Å². The predicted octanol–water partition coefficient (Wildman–Crippen LogP) is 4.61. The maximum absolute atomic E-state index is 14.1. The molecule has 0 spiro atoms. The maximum atomic E-state index is 14.1. The van der Waals surface area contributed by atoms with Crippen molar-refractivity contribution in [3.05, 3.63) is 87.7 Å². The van der Waals surface area contributed by atoms with E-state index in [1.54, 1.807) is 31.2 Å². The minimum Gasteiger partial charge on any atom is -0.435 e. The van der Waals surface area contributed by atoms with Crippen LogP contribution in [-0.4, -0.2) is 14.6 Å². The number of nitrogens with zero attached hydrogens (tertiary/aromatic N) is 3. The fourth-order valence-corrected chi connectivity index (χ4v) is 3.29. The molecule has 0 saturated carbocycles. The first-order chi connectivity index (χ1) is 13.4. The van der Waals surface area contributed by atoms with Crippen molar-refractivity contribution in [2.75, 3.05) is 0 Å². The van der Waals surface area contributed by atoms with E-state index in [2.05, 4.69) is 10.1 Å². The van der Waals surface area contributed by atoms with Crippen LogP contribution in [0.5, 0.6) is 11.6 Å². The number of ether oxygens (including phenoxy) is 1. The summed E-state index contributed by atoms with van der Waals surface area (Å²) < 4.78 is 21.1. The quantitative estimate of drug-likeness (QED) is 0.525. The highest BCUT2D eigenvalue weighted by Gasteiger charge is 2.15. The molecule has 0 bridgehead atoms. The molecule has 0 aliphatic rings. The van der Waals surface area contributed by atoms with Gasteiger partial charge >= 0.3 is 0 Å². The summed E-state index contributed by atoms with van der Waals surface area (Å²) in [6, 6.07) is 13.9. The predicted molar refractivity (Wildman–Crippen MR) is 105 cm³/mol. The topological polar surface area (TPSA) is 56.5 Å². The van der Waals surface area contributed by atoms with Gasteiger partial charge in [-0.3, -0.25) is 4.79 Å². The van der Waals surface area contributed by atoms with Crippen LogP contribution >= 0.6 is 0 Å². The molecule has 28 heavy (non-hydrogen) atoms. The summed E-state index contributed by atoms with van der Waals surface area (Å²) in [5, 5.41) is 4.35. The molecule has 4 rings (SSSR count). The Morgan fingerprint density at radius 1 is 0.964 bits per heavy atom. The summed E-state index contributed by atoms with van der Waals surface area (Å²) in [7, 11) is 0. The number of aromatic nitrogens is 3. The van der Waals surface area contributed by atoms with Crippen molar-refractivity contribution in [3.63, 3.8) is 0 Å². The van der Waals surface area contributed by atoms with Gasteiger partial charge in [-0.2, -0.15) is 4.98 Å². The molecule has 5 nitrogen and oxygen atoms in total. The lowest BCUT2D eigenvalue weighted by molar-refractivity contribution is 0.419. The molecule has 2 aromatic heterocycles. The second kappa shape index (κ2) is 6.88. The van der Waals surface area contributed by atoms with Gasteiger partial charge in [0.1, 0.15) is 6.33 Å². The van der Waals surface area contributed by atoms with E-state index in [0.29, 0.717) is 11.1 Å². The highest BCUT2D eigenvalue weighted by Crippen LogP contribution is 2.29. The zero-order valence-corrected chi connectivity index (χ0v) is 15.7. The third kappa shape index (κ3) is 3.13. The maximum Gasteiger partial charge on any atom is 0.281 e. The summed E-state index contributed by atoms with van der Waals surface area (Å²) in [6.45, 7) is 5.71. The standard InChI is InChI=1S/C22H18FN3O2/c1-13-7-9-18(16(23)11-13)28-19-10-8-17-21(22(27)24-12-26(17)25-19)20-14(2)5-4-6-15(20)3/h4-12H,1-3H3. The first-order valence-corrected chi connectivity index (χ1v) is 8.83. The van der Waals surface area contributed by atoms with Gasteiger partial charge in [-0.15, -0.1) is 5.10 Å². The number of rotatable bonds is 3. The van der Waals surface area contributed by atoms with Crippen molar-refractivity contribution in [2.45, 2.75) is 20.8 Å². The molecular weight excluding hydrogens is 357 g/mol. The lowest BCUT2D eigenvalue weighted by Crippen LogP contribution is -2.14. The smallest absolute Gasteiger partial charge is 0.281 e. The molecule has 2 heterocycles. The van der Waals surface area contributed by atoms with Gasteiger partial charge in [0.15, 0.2) is 11.6 Å². The molecule has 0 N–H and O–H groups in total. The van der Waals surface area contributed by atoms with Gasteiger partial charge in [0.2, 0.25) is 5.88 Å². The second-order valence-electron chi connectivity index (χ2n) is 6.73. The highest BCUT2D eigenvalue weighted by atomic mass is 19.1. The lowest BCUT2D eigenvalue weighted by atomic mass is 9.96. The van der Waals surface area contributed by atoms with Crippen LogP contribution in [0.1, 0.15) is 16.7 Å². The van der Waals surface area contributed by atoms with Crippen molar-refractivity contribution in [1.29, 1.82) is 0 Å². The fourth-order valence-electron chi connectivity index (χ4n) is 3.29. The number of fused-ring (bicyclic) bond motifs is 1. The number of hydrogen-bond acceptors (Lipinski definition) is 4. The molecule has 0 saturated heterocycles. The number of aryl methyl sites for hydroxylation is 3. The molecule has 0 atom stereocenters. The Morgan fingerprint density at radius 3 is 2.43 bits per heavy atom. The number of hydrogen-bond donors (Lipinski definition) is 0. The van der Waals surface area contributed by atoms with Crippen LogP contribution in [0.2, 0.25) is 0 Å². The zero-order chi connectivity index (χ0) is 19.8. The van der Waals surface area contributed by atoms with Crippen molar-refractivity contribution >= 4 is 5.52 Å². The third-order valence-electron chi connectivity index (χ3n) is 4.62. The fraction of sp³-hybridized carbons (Fsp3) is 0.136. The SMILES string of the molecule is Cc1ccc(Oc2ccc3c(-c4c(C)cccc4C)c(=O)ncn3n2)c(F)c1. The van der Waals surface area contributed by atoms with Crippen molar-refractivity contribution in [2.24, 2.45) is 0 Å². The number of benzene rings is 2. The lowest BCUT2D eigenvalue weighted by Gasteiger charge is -2.13. The van der Waals surface area contributed by atoms with Crippen LogP contribution in [0.4, 0.5) is 4.39 Å². The van der Waals surface area contributed by atoms with E-state index < -0.39 is 5.82 Å². The van der Waals surface area contributed by atoms with Crippen LogP contribution in [0, 0.1) is 26.6 Å². The van der Waals surface area contributed by atoms with Crippen molar-refractivity contribution in [1.82, 2.24) is 14.6 Å². The van der Waals surface area contributed by atoms with Crippen molar-refractivity contribution < 1.29 is 9.13 Å². The summed E-state index contributed by atoms with van der Waals surface area (Å²) in [5.74, 6) is -0.175. The average molecular weight is 375 g/mol. The summed E-state index contributed by atoms with van der Waals surface area (Å²) in [6.07, 6.45) is 1.34. The minimum absolute atomic E-state index is 0.0847. The molecule has 140 valence electrons. The number of halogens is 1. The van der Waals surface area contributed by atoms with E-state index in [1.807, 2.05) is 32.0 Å². The van der Waals surface area contributed by atoms with Gasteiger partial charge < -0.3 is 4.74 Å². The largest absolute Gasteiger partial charge is 0.435 e. The van der Waals surface area contributed by atoms with Gasteiger partial charge in [0, 0.05) is 6.07 Å². The average Bonchev–Trinajstić information content (AvgIpc) is 2.65. The van der Waals surface area contributed by atoms with E-state index in [1.165, 1.54) is 16.9 Å². The molecule has 0 fully saturated rings. The van der Waals surface area contributed by atoms with Gasteiger partial charge in [0.25, 0.3) is 5.56 Å². The van der Waals surface area contributed by atoms with Crippen LogP contribution in [0.3, 0.4) is 0 Å². The van der Waals surface area contributed by atoms with E-state index >= 15 is 0 Å². The molecule has 4 aromatic rings. The Kier molecular flexibility index (Phi) is 4.39. The highest BCUT2D eigenvalue weighted by molar-refractivity contribution is 5.82. The normalized spacial score (nSPS) is 11.0. The molecule has 2 aromatic carbocycles. The first kappa shape index (κ1) is 17.9. The van der Waals surface area contributed by atoms with E-state index in [9.17, 15) is 9.18 Å². The Balaban J connectivity index is 1.84. The molecule has 0 aliphatic heterocycles. The summed E-state index contributed by atoms with van der Waals surface area (Å²) in [5.41, 5.74) is 4.38. The van der Waals surface area contributed by atoms with E-state index in [4.69, 9.17) is 4.74 Å². The van der Waals surface area contributed by atoms with E-state index in [0.717, 1.165) is 22.3 Å². The summed E-state index contributed by atoms with van der Waals surface area (Å²) >= 11 is 0. The molecule has 0 radical (unpaired) electrons. The Bertz CT molecular complexity index is 1240. The molecule has 6 heteroatoms. The summed E-state index contributed by atoms with van der Waals surface area (Å²) in [4.78, 5) is 16.5. The van der Waals surface area contributed by atoms with Crippen LogP contribution < -0.4 is 10.3 Å². The molecule has 0 aliphatic carbocycles. The molecule has 0 amide bonds. The van der Waals surface area contributed by atoms with Crippen LogP contribution in [0.15, 0.2) is 59.7 Å². The minimum atomic E-state index is -0.462. The van der Waals surface area contributed by atoms with Crippen LogP contribution in [0.25, 0.3) is 16.6 Å². The van der Waals surface area contributed by atoms with Crippen LogP contribution in [-0.2, 0) is 0 Å². The second-order valence-corrected chi connectivity index (χ2v) is 6.73. The molecular formula is C22H18FN3O2. The Morgan fingerprint density at radius 2 is 1.71 bits per heavy atom. The van der Waals surface area contributed by atoms with Gasteiger partial charge in [-0.05, 0) is 61.2 Å². The Hall–Kier alpha value is -3.54. The van der Waals surface area contributed by atoms with E-state index in [-0.39, 0.29) is 17.2 Å². The van der Waals surface area contributed by atoms with Gasteiger partial charge in [0.05, 0.1) is 11.1 Å².